The molecule has 0 aliphatic carbocycles. The van der Waals surface area contributed by atoms with Crippen LogP contribution in [0.15, 0.2) is 115 Å². The van der Waals surface area contributed by atoms with E-state index in [4.69, 9.17) is 28.9 Å². The molecule has 0 fully saturated rings. The maximum absolute atomic E-state index is 13.1. The first kappa shape index (κ1) is 33.5. The summed E-state index contributed by atoms with van der Waals surface area (Å²) in [5, 5.41) is 8.99. The first-order valence-corrected chi connectivity index (χ1v) is 15.4. The van der Waals surface area contributed by atoms with Gasteiger partial charge in [0.15, 0.2) is 25.0 Å². The van der Waals surface area contributed by atoms with Crippen LogP contribution in [0.5, 0.6) is 23.0 Å². The summed E-state index contributed by atoms with van der Waals surface area (Å²) in [4.78, 5) is 25.3. The van der Waals surface area contributed by atoms with Crippen molar-refractivity contribution in [2.75, 3.05) is 33.7 Å². The lowest BCUT2D eigenvalue weighted by molar-refractivity contribution is 0.0511. The number of ether oxygens (including phenoxy) is 5. The molecule has 0 bridgehead atoms. The second-order valence-electron chi connectivity index (χ2n) is 10.9. The van der Waals surface area contributed by atoms with Crippen molar-refractivity contribution in [1.82, 2.24) is 0 Å². The maximum atomic E-state index is 13.1. The number of nitrogens with zero attached hydrogens (tertiary/aromatic N) is 1. The zero-order valence-corrected chi connectivity index (χ0v) is 26.8. The van der Waals surface area contributed by atoms with Gasteiger partial charge in [0.05, 0.1) is 11.6 Å². The van der Waals surface area contributed by atoms with E-state index in [0.717, 1.165) is 34.4 Å². The Morgan fingerprint density at radius 2 is 1.10 bits per heavy atom. The Labute approximate surface area is 280 Å². The van der Waals surface area contributed by atoms with E-state index in [9.17, 15) is 9.59 Å². The third-order valence-corrected chi connectivity index (χ3v) is 7.43. The number of hydrogen-bond acceptors (Lipinski definition) is 8. The zero-order valence-electron chi connectivity index (χ0n) is 26.8. The van der Waals surface area contributed by atoms with Gasteiger partial charge in [-0.2, -0.15) is 5.26 Å². The molecule has 0 saturated carbocycles. The predicted octanol–water partition coefficient (Wildman–Crippen LogP) is 7.72. The number of benzene rings is 5. The highest BCUT2D eigenvalue weighted by Gasteiger charge is 2.13. The van der Waals surface area contributed by atoms with E-state index in [-0.39, 0.29) is 38.2 Å². The summed E-state index contributed by atoms with van der Waals surface area (Å²) in [5.74, 6) is 1.93. The molecule has 242 valence electrons. The molecule has 0 saturated heterocycles. The minimum absolute atomic E-state index is 0.179. The van der Waals surface area contributed by atoms with Gasteiger partial charge in [-0.1, -0.05) is 48.5 Å². The summed E-state index contributed by atoms with van der Waals surface area (Å²) in [7, 11) is 1.58. The predicted molar refractivity (Wildman–Crippen MR) is 182 cm³/mol. The maximum Gasteiger partial charge on any atom is 0.200 e. The van der Waals surface area contributed by atoms with Crippen molar-refractivity contribution in [2.45, 2.75) is 13.3 Å². The normalized spacial score (nSPS) is 10.5. The molecule has 8 nitrogen and oxygen atoms in total. The minimum Gasteiger partial charge on any atom is -0.490 e. The summed E-state index contributed by atoms with van der Waals surface area (Å²) in [5.41, 5.74) is 5.56. The fourth-order valence-corrected chi connectivity index (χ4v) is 4.85. The average Bonchev–Trinajstić information content (AvgIpc) is 3.13. The van der Waals surface area contributed by atoms with Crippen molar-refractivity contribution in [1.29, 1.82) is 5.26 Å². The van der Waals surface area contributed by atoms with Crippen LogP contribution in [-0.4, -0.2) is 45.3 Å². The molecule has 0 aromatic heterocycles. The molecule has 0 N–H and O–H groups in total. The van der Waals surface area contributed by atoms with Gasteiger partial charge in [0.2, 0.25) is 0 Å². The Balaban J connectivity index is 1.11. The molecule has 0 atom stereocenters. The van der Waals surface area contributed by atoms with E-state index in [1.807, 2.05) is 84.9 Å². The van der Waals surface area contributed by atoms with Crippen LogP contribution in [0.25, 0.3) is 11.1 Å². The van der Waals surface area contributed by atoms with E-state index in [1.54, 1.807) is 37.4 Å². The zero-order chi connectivity index (χ0) is 33.7. The lowest BCUT2D eigenvalue weighted by Crippen LogP contribution is -2.14. The number of Topliss-reactive ketones (excluding diaryl/α,β-unsaturated/α-hetero) is 2. The van der Waals surface area contributed by atoms with Crippen molar-refractivity contribution >= 4 is 11.6 Å². The van der Waals surface area contributed by atoms with Gasteiger partial charge in [0, 0.05) is 18.2 Å². The molecular formula is C40H35NO7. The lowest BCUT2D eigenvalue weighted by Gasteiger charge is -2.12. The van der Waals surface area contributed by atoms with Crippen LogP contribution in [0, 0.1) is 11.3 Å². The van der Waals surface area contributed by atoms with Crippen LogP contribution in [-0.2, 0) is 11.2 Å². The number of carbonyl (C=O) groups is 2. The molecular weight excluding hydrogens is 606 g/mol. The molecule has 0 radical (unpaired) electrons. The Kier molecular flexibility index (Phi) is 11.6. The van der Waals surface area contributed by atoms with Crippen molar-refractivity contribution in [3.8, 4) is 40.2 Å². The van der Waals surface area contributed by atoms with Gasteiger partial charge in [-0.3, -0.25) is 9.59 Å². The number of hydrogen-bond donors (Lipinski definition) is 0. The van der Waals surface area contributed by atoms with Crippen molar-refractivity contribution in [3.63, 3.8) is 0 Å². The summed E-state index contributed by atoms with van der Waals surface area (Å²) in [6.45, 7) is 1.93. The van der Waals surface area contributed by atoms with E-state index in [1.165, 1.54) is 6.92 Å². The molecule has 5 aromatic rings. The van der Waals surface area contributed by atoms with Crippen molar-refractivity contribution in [2.24, 2.45) is 0 Å². The summed E-state index contributed by atoms with van der Waals surface area (Å²) < 4.78 is 27.8. The van der Waals surface area contributed by atoms with E-state index in [0.29, 0.717) is 33.9 Å². The molecule has 0 aliphatic heterocycles. The molecule has 0 heterocycles. The summed E-state index contributed by atoms with van der Waals surface area (Å²) >= 11 is 0. The van der Waals surface area contributed by atoms with Crippen LogP contribution < -0.4 is 18.9 Å². The molecule has 8 heteroatoms. The van der Waals surface area contributed by atoms with Crippen LogP contribution in [0.4, 0.5) is 0 Å². The number of ketones is 2. The second kappa shape index (κ2) is 16.6. The SMILES string of the molecule is COCOc1ccc(Cc2ccc(OCC(=O)c3cc(OCCOc4ccc(-c5ccc(C#N)cc5)cc4)cc(C(C)=O)c3)cc2)cc1. The van der Waals surface area contributed by atoms with Crippen LogP contribution in [0.3, 0.4) is 0 Å². The van der Waals surface area contributed by atoms with Crippen molar-refractivity contribution in [3.05, 3.63) is 143 Å². The number of carbonyl (C=O) groups excluding carboxylic acids is 2. The number of methoxy groups -OCH3 is 1. The Morgan fingerprint density at radius 3 is 1.67 bits per heavy atom. The number of rotatable bonds is 16. The fraction of sp³-hybridized carbons (Fsp3) is 0.175. The molecule has 0 spiro atoms. The van der Waals surface area contributed by atoms with Crippen LogP contribution in [0.1, 0.15) is 44.3 Å². The third-order valence-electron chi connectivity index (χ3n) is 7.43. The summed E-state index contributed by atoms with van der Waals surface area (Å²) in [6, 6.07) is 37.3. The number of nitriles is 1. The molecule has 5 aromatic carbocycles. The van der Waals surface area contributed by atoms with Gasteiger partial charge in [-0.25, -0.2) is 0 Å². The molecule has 5 rings (SSSR count). The van der Waals surface area contributed by atoms with Gasteiger partial charge in [0.25, 0.3) is 0 Å². The third kappa shape index (κ3) is 9.55. The second-order valence-corrected chi connectivity index (χ2v) is 10.9. The van der Waals surface area contributed by atoms with Gasteiger partial charge in [-0.05, 0) is 102 Å². The first-order valence-electron chi connectivity index (χ1n) is 15.4. The topological polar surface area (TPSA) is 104 Å². The van der Waals surface area contributed by atoms with Gasteiger partial charge >= 0.3 is 0 Å². The first-order chi connectivity index (χ1) is 23.4. The highest BCUT2D eigenvalue weighted by molar-refractivity contribution is 6.01. The molecule has 0 unspecified atom stereocenters. The van der Waals surface area contributed by atoms with Crippen LogP contribution in [0.2, 0.25) is 0 Å². The van der Waals surface area contributed by atoms with E-state index >= 15 is 0 Å². The van der Waals surface area contributed by atoms with E-state index < -0.39 is 0 Å². The Morgan fingerprint density at radius 1 is 0.604 bits per heavy atom. The summed E-state index contributed by atoms with van der Waals surface area (Å²) in [6.07, 6.45) is 0.738. The van der Waals surface area contributed by atoms with Crippen LogP contribution >= 0.6 is 0 Å². The minimum atomic E-state index is -0.276. The van der Waals surface area contributed by atoms with Gasteiger partial charge in [0.1, 0.15) is 36.2 Å². The molecule has 48 heavy (non-hydrogen) atoms. The Hall–Kier alpha value is -5.91. The monoisotopic (exact) mass is 641 g/mol. The molecule has 0 aliphatic rings. The van der Waals surface area contributed by atoms with Gasteiger partial charge < -0.3 is 23.7 Å². The highest BCUT2D eigenvalue weighted by atomic mass is 16.7. The highest BCUT2D eigenvalue weighted by Crippen LogP contribution is 2.24. The smallest absolute Gasteiger partial charge is 0.200 e. The average molecular weight is 642 g/mol. The largest absolute Gasteiger partial charge is 0.490 e. The van der Waals surface area contributed by atoms with E-state index in [2.05, 4.69) is 6.07 Å². The quantitative estimate of drug-likeness (QED) is 0.0613. The fourth-order valence-electron chi connectivity index (χ4n) is 4.85. The van der Waals surface area contributed by atoms with Gasteiger partial charge in [-0.15, -0.1) is 0 Å². The Bertz CT molecular complexity index is 1860. The standard InChI is InChI=1S/C40H35NO7/c1-28(42)34-22-35(40(43)26-47-37-13-5-29(6-14-37)21-30-7-15-38(16-8-30)48-27-44-2)24-39(23-34)46-20-19-45-36-17-11-33(12-18-36)32-9-3-31(25-41)4-10-32/h3-18,22-24H,19-21,26-27H2,1-2H3. The van der Waals surface area contributed by atoms with Crippen molar-refractivity contribution < 1.29 is 33.3 Å². The lowest BCUT2D eigenvalue weighted by atomic mass is 10.0. The molecule has 0 amide bonds.